The average molecular weight is 280 g/mol. The van der Waals surface area contributed by atoms with Crippen molar-refractivity contribution in [2.75, 3.05) is 0 Å². The van der Waals surface area contributed by atoms with E-state index in [0.717, 1.165) is 0 Å². The lowest BCUT2D eigenvalue weighted by atomic mass is 10.1. The van der Waals surface area contributed by atoms with Gasteiger partial charge in [0.1, 0.15) is 0 Å². The lowest BCUT2D eigenvalue weighted by Gasteiger charge is -1.99. The van der Waals surface area contributed by atoms with E-state index in [1.807, 2.05) is 0 Å². The molecule has 72 valence electrons. The summed E-state index contributed by atoms with van der Waals surface area (Å²) in [5.41, 5.74) is 0. The van der Waals surface area contributed by atoms with Gasteiger partial charge in [-0.2, -0.15) is 0 Å². The highest BCUT2D eigenvalue weighted by Gasteiger charge is 1.91. The van der Waals surface area contributed by atoms with Gasteiger partial charge in [-0.1, -0.05) is 52.0 Å². The first kappa shape index (κ1) is 12.5. The van der Waals surface area contributed by atoms with Crippen LogP contribution in [0, 0.1) is 0 Å². The van der Waals surface area contributed by atoms with Crippen molar-refractivity contribution in [3.05, 3.63) is 10.2 Å². The molecule has 0 aromatic carbocycles. The maximum Gasteiger partial charge on any atom is -0.0166 e. The van der Waals surface area contributed by atoms with Gasteiger partial charge in [0, 0.05) is 0 Å². The molecular weight excluding hydrogens is 259 g/mol. The Morgan fingerprint density at radius 2 is 1.50 bits per heavy atom. The molecule has 0 spiro atoms. The molecule has 0 fully saturated rings. The van der Waals surface area contributed by atoms with Crippen LogP contribution in [0.1, 0.15) is 58.3 Å². The van der Waals surface area contributed by atoms with E-state index >= 15 is 0 Å². The summed E-state index contributed by atoms with van der Waals surface area (Å²) in [5.74, 6) is 0. The summed E-state index contributed by atoms with van der Waals surface area (Å²) < 4.78 is 1.31. The van der Waals surface area contributed by atoms with Gasteiger partial charge in [0.2, 0.25) is 0 Å². The number of rotatable bonds is 8. The Hall–Kier alpha value is 0.470. The molecule has 0 aromatic rings. The predicted molar refractivity (Wildman–Crippen MR) is 65.8 cm³/mol. The van der Waals surface area contributed by atoms with Crippen LogP contribution >= 0.6 is 22.6 Å². The van der Waals surface area contributed by atoms with Gasteiger partial charge in [-0.3, -0.25) is 0 Å². The largest absolute Gasteiger partial charge is 0.0897 e. The Bertz CT molecular complexity index is 108. The minimum absolute atomic E-state index is 1.22. The monoisotopic (exact) mass is 280 g/mol. The van der Waals surface area contributed by atoms with Crippen molar-refractivity contribution in [1.82, 2.24) is 0 Å². The Labute approximate surface area is 91.0 Å². The van der Waals surface area contributed by atoms with Gasteiger partial charge in [-0.15, -0.1) is 0 Å². The Balaban J connectivity index is 2.86. The number of hydrogen-bond acceptors (Lipinski definition) is 0. The highest BCUT2D eigenvalue weighted by atomic mass is 127. The molecule has 0 N–H and O–H groups in total. The Kier molecular flexibility index (Phi) is 9.93. The topological polar surface area (TPSA) is 0 Å². The van der Waals surface area contributed by atoms with E-state index < -0.39 is 0 Å². The molecule has 0 saturated heterocycles. The fourth-order valence-corrected chi connectivity index (χ4v) is 1.66. The number of allylic oxidation sites excluding steroid dienone is 1. The molecule has 0 radical (unpaired) electrons. The molecular formula is C11H21I. The SMILES string of the molecule is C=C(I)CCCCCCCCC. The van der Waals surface area contributed by atoms with Crippen molar-refractivity contribution >= 4 is 22.6 Å². The fourth-order valence-electron chi connectivity index (χ4n) is 1.27. The Morgan fingerprint density at radius 1 is 1.00 bits per heavy atom. The minimum Gasteiger partial charge on any atom is -0.0897 e. The second kappa shape index (κ2) is 9.56. The van der Waals surface area contributed by atoms with Crippen LogP contribution in [0.25, 0.3) is 0 Å². The van der Waals surface area contributed by atoms with E-state index in [1.54, 1.807) is 0 Å². The summed E-state index contributed by atoms with van der Waals surface area (Å²) in [5, 5.41) is 0. The van der Waals surface area contributed by atoms with Crippen LogP contribution in [0.2, 0.25) is 0 Å². The van der Waals surface area contributed by atoms with Crippen LogP contribution in [0.3, 0.4) is 0 Å². The van der Waals surface area contributed by atoms with Crippen molar-refractivity contribution in [3.63, 3.8) is 0 Å². The summed E-state index contributed by atoms with van der Waals surface area (Å²) in [6.07, 6.45) is 11.0. The lowest BCUT2D eigenvalue weighted by molar-refractivity contribution is 0.592. The van der Waals surface area contributed by atoms with E-state index in [1.165, 1.54) is 54.9 Å². The van der Waals surface area contributed by atoms with Gasteiger partial charge in [0.25, 0.3) is 0 Å². The molecule has 1 heteroatoms. The number of halogens is 1. The van der Waals surface area contributed by atoms with Gasteiger partial charge in [0.05, 0.1) is 0 Å². The predicted octanol–water partition coefficient (Wildman–Crippen LogP) is 5.08. The van der Waals surface area contributed by atoms with Gasteiger partial charge in [0.15, 0.2) is 0 Å². The summed E-state index contributed by atoms with van der Waals surface area (Å²) in [6.45, 7) is 6.15. The van der Waals surface area contributed by atoms with Crippen molar-refractivity contribution in [1.29, 1.82) is 0 Å². The Morgan fingerprint density at radius 3 is 2.00 bits per heavy atom. The average Bonchev–Trinajstić information content (AvgIpc) is 2.02. The van der Waals surface area contributed by atoms with Gasteiger partial charge >= 0.3 is 0 Å². The minimum atomic E-state index is 1.22. The summed E-state index contributed by atoms with van der Waals surface area (Å²) in [4.78, 5) is 0. The zero-order valence-electron chi connectivity index (χ0n) is 8.24. The molecule has 0 aliphatic heterocycles. The van der Waals surface area contributed by atoms with Crippen LogP contribution in [0.15, 0.2) is 10.2 Å². The normalized spacial score (nSPS) is 10.2. The first-order chi connectivity index (χ1) is 5.77. The zero-order valence-corrected chi connectivity index (χ0v) is 10.4. The first-order valence-electron chi connectivity index (χ1n) is 5.10. The maximum absolute atomic E-state index is 3.89. The van der Waals surface area contributed by atoms with Crippen molar-refractivity contribution in [2.24, 2.45) is 0 Å². The van der Waals surface area contributed by atoms with Crippen molar-refractivity contribution in [3.8, 4) is 0 Å². The molecule has 0 heterocycles. The zero-order chi connectivity index (χ0) is 9.23. The third kappa shape index (κ3) is 10.5. The van der Waals surface area contributed by atoms with E-state index in [2.05, 4.69) is 36.1 Å². The van der Waals surface area contributed by atoms with Gasteiger partial charge in [-0.25, -0.2) is 0 Å². The molecule has 0 rings (SSSR count). The van der Waals surface area contributed by atoms with Crippen LogP contribution < -0.4 is 0 Å². The molecule has 0 saturated carbocycles. The first-order valence-corrected chi connectivity index (χ1v) is 6.18. The molecule has 0 nitrogen and oxygen atoms in total. The van der Waals surface area contributed by atoms with E-state index in [-0.39, 0.29) is 0 Å². The lowest BCUT2D eigenvalue weighted by Crippen LogP contribution is -1.79. The highest BCUT2D eigenvalue weighted by molar-refractivity contribution is 14.1. The molecule has 0 aliphatic carbocycles. The molecule has 0 aliphatic rings. The second-order valence-corrected chi connectivity index (χ2v) is 4.91. The van der Waals surface area contributed by atoms with Gasteiger partial charge in [-0.05, 0) is 39.0 Å². The van der Waals surface area contributed by atoms with E-state index in [9.17, 15) is 0 Å². The molecule has 0 unspecified atom stereocenters. The van der Waals surface area contributed by atoms with Crippen LogP contribution in [-0.4, -0.2) is 0 Å². The molecule has 0 atom stereocenters. The maximum atomic E-state index is 3.89. The van der Waals surface area contributed by atoms with Crippen LogP contribution in [0.5, 0.6) is 0 Å². The molecule has 0 bridgehead atoms. The van der Waals surface area contributed by atoms with E-state index in [0.29, 0.717) is 0 Å². The highest BCUT2D eigenvalue weighted by Crippen LogP contribution is 2.14. The van der Waals surface area contributed by atoms with Crippen molar-refractivity contribution < 1.29 is 0 Å². The summed E-state index contributed by atoms with van der Waals surface area (Å²) in [7, 11) is 0. The number of hydrogen-bond donors (Lipinski definition) is 0. The summed E-state index contributed by atoms with van der Waals surface area (Å²) >= 11 is 2.32. The fraction of sp³-hybridized carbons (Fsp3) is 0.818. The van der Waals surface area contributed by atoms with Crippen LogP contribution in [0.4, 0.5) is 0 Å². The third-order valence-electron chi connectivity index (χ3n) is 2.05. The second-order valence-electron chi connectivity index (χ2n) is 3.39. The molecule has 0 aromatic heterocycles. The molecule has 12 heavy (non-hydrogen) atoms. The number of unbranched alkanes of at least 4 members (excludes halogenated alkanes) is 6. The molecule has 0 amide bonds. The standard InChI is InChI=1S/C11H21I/c1-3-4-5-6-7-8-9-10-11(2)12/h2-10H2,1H3. The third-order valence-corrected chi connectivity index (χ3v) is 2.59. The quantitative estimate of drug-likeness (QED) is 0.430. The van der Waals surface area contributed by atoms with E-state index in [4.69, 9.17) is 0 Å². The summed E-state index contributed by atoms with van der Waals surface area (Å²) in [6, 6.07) is 0. The van der Waals surface area contributed by atoms with Gasteiger partial charge < -0.3 is 0 Å². The van der Waals surface area contributed by atoms with Crippen LogP contribution in [-0.2, 0) is 0 Å². The van der Waals surface area contributed by atoms with Crippen molar-refractivity contribution in [2.45, 2.75) is 58.3 Å². The smallest absolute Gasteiger partial charge is 0.0166 e.